The van der Waals surface area contributed by atoms with E-state index in [0.717, 1.165) is 37.4 Å². The predicted octanol–water partition coefficient (Wildman–Crippen LogP) is 1.39. The fourth-order valence-electron chi connectivity index (χ4n) is 2.76. The van der Waals surface area contributed by atoms with Gasteiger partial charge in [-0.05, 0) is 19.3 Å². The van der Waals surface area contributed by atoms with E-state index in [2.05, 4.69) is 20.9 Å². The summed E-state index contributed by atoms with van der Waals surface area (Å²) in [5.41, 5.74) is -0.369. The fourth-order valence-corrected chi connectivity index (χ4v) is 4.11. The molecular formula is C17H34N4O2S. The monoisotopic (exact) mass is 358 g/mol. The standard InChI is InChI=1S/C17H34N4O2S/c1-6-24(23)14-9-7-8-13(12-14)21-16(18-5)20-11-10-19-15(22)17(2,3)4/h13-14H,6-12H2,1-5H3,(H,19,22)(H2,18,20,21). The third-order valence-corrected chi connectivity index (χ3v) is 5.97. The highest BCUT2D eigenvalue weighted by atomic mass is 32.2. The largest absolute Gasteiger partial charge is 0.355 e. The van der Waals surface area contributed by atoms with Crippen molar-refractivity contribution in [1.29, 1.82) is 0 Å². The number of carbonyl (C=O) groups excluding carboxylic acids is 1. The molecule has 1 amide bonds. The van der Waals surface area contributed by atoms with Gasteiger partial charge in [0, 0.05) is 53.4 Å². The molecule has 0 bridgehead atoms. The average Bonchev–Trinajstić information content (AvgIpc) is 2.55. The molecule has 0 saturated heterocycles. The predicted molar refractivity (Wildman–Crippen MR) is 102 cm³/mol. The minimum Gasteiger partial charge on any atom is -0.355 e. The van der Waals surface area contributed by atoms with Crippen molar-refractivity contribution >= 4 is 22.7 Å². The highest BCUT2D eigenvalue weighted by Crippen LogP contribution is 2.22. The van der Waals surface area contributed by atoms with Crippen LogP contribution in [-0.4, -0.2) is 53.3 Å². The molecule has 6 nitrogen and oxygen atoms in total. The molecule has 3 atom stereocenters. The van der Waals surface area contributed by atoms with Crippen molar-refractivity contribution < 1.29 is 9.00 Å². The Bertz CT molecular complexity index is 460. The van der Waals surface area contributed by atoms with Crippen LogP contribution in [-0.2, 0) is 15.6 Å². The highest BCUT2D eigenvalue weighted by molar-refractivity contribution is 7.85. The van der Waals surface area contributed by atoms with E-state index >= 15 is 0 Å². The Hall–Kier alpha value is -1.11. The van der Waals surface area contributed by atoms with Crippen LogP contribution in [0.4, 0.5) is 0 Å². The summed E-state index contributed by atoms with van der Waals surface area (Å²) in [6.45, 7) is 8.87. The van der Waals surface area contributed by atoms with Gasteiger partial charge in [0.15, 0.2) is 5.96 Å². The second kappa shape index (κ2) is 10.0. The Morgan fingerprint density at radius 3 is 2.46 bits per heavy atom. The van der Waals surface area contributed by atoms with Crippen LogP contribution >= 0.6 is 0 Å². The van der Waals surface area contributed by atoms with E-state index in [-0.39, 0.29) is 11.3 Å². The van der Waals surface area contributed by atoms with Crippen LogP contribution in [0.2, 0.25) is 0 Å². The van der Waals surface area contributed by atoms with E-state index in [0.29, 0.717) is 24.4 Å². The van der Waals surface area contributed by atoms with E-state index in [1.54, 1.807) is 7.05 Å². The maximum absolute atomic E-state index is 12.0. The summed E-state index contributed by atoms with van der Waals surface area (Å²) in [7, 11) is 1.02. The van der Waals surface area contributed by atoms with Crippen LogP contribution in [0.25, 0.3) is 0 Å². The zero-order valence-electron chi connectivity index (χ0n) is 15.8. The van der Waals surface area contributed by atoms with E-state index in [9.17, 15) is 9.00 Å². The van der Waals surface area contributed by atoms with Crippen LogP contribution in [0.1, 0.15) is 53.4 Å². The smallest absolute Gasteiger partial charge is 0.225 e. The molecule has 140 valence electrons. The molecule has 0 aromatic heterocycles. The second-order valence-electron chi connectivity index (χ2n) is 7.30. The number of guanidine groups is 1. The van der Waals surface area contributed by atoms with E-state index in [4.69, 9.17) is 0 Å². The second-order valence-corrected chi connectivity index (χ2v) is 9.31. The molecule has 1 rings (SSSR count). The third-order valence-electron chi connectivity index (χ3n) is 4.23. The summed E-state index contributed by atoms with van der Waals surface area (Å²) in [6, 6.07) is 0.314. The van der Waals surface area contributed by atoms with Crippen molar-refractivity contribution in [2.45, 2.75) is 64.7 Å². The maximum atomic E-state index is 12.0. The lowest BCUT2D eigenvalue weighted by Crippen LogP contribution is -2.48. The molecule has 24 heavy (non-hydrogen) atoms. The summed E-state index contributed by atoms with van der Waals surface area (Å²) in [4.78, 5) is 16.1. The Balaban J connectivity index is 2.35. The number of rotatable bonds is 6. The van der Waals surface area contributed by atoms with E-state index < -0.39 is 10.8 Å². The summed E-state index contributed by atoms with van der Waals surface area (Å²) < 4.78 is 12.0. The van der Waals surface area contributed by atoms with Gasteiger partial charge in [0.25, 0.3) is 0 Å². The number of hydrogen-bond acceptors (Lipinski definition) is 3. The lowest BCUT2D eigenvalue weighted by atomic mass is 9.95. The molecule has 0 heterocycles. The van der Waals surface area contributed by atoms with Gasteiger partial charge in [-0.2, -0.15) is 0 Å². The van der Waals surface area contributed by atoms with Crippen molar-refractivity contribution in [3.05, 3.63) is 0 Å². The minimum atomic E-state index is -0.719. The molecule has 3 N–H and O–H groups in total. The number of hydrogen-bond donors (Lipinski definition) is 3. The van der Waals surface area contributed by atoms with Gasteiger partial charge in [0.2, 0.25) is 5.91 Å². The molecule has 0 radical (unpaired) electrons. The minimum absolute atomic E-state index is 0.0458. The van der Waals surface area contributed by atoms with Gasteiger partial charge in [-0.15, -0.1) is 0 Å². The molecule has 1 saturated carbocycles. The van der Waals surface area contributed by atoms with Gasteiger partial charge < -0.3 is 16.0 Å². The number of nitrogens with zero attached hydrogens (tertiary/aromatic N) is 1. The maximum Gasteiger partial charge on any atom is 0.225 e. The molecule has 1 aliphatic carbocycles. The van der Waals surface area contributed by atoms with Crippen LogP contribution in [0.15, 0.2) is 4.99 Å². The summed E-state index contributed by atoms with van der Waals surface area (Å²) in [6.07, 6.45) is 4.18. The molecule has 0 aromatic carbocycles. The number of aliphatic imine (C=N–C) groups is 1. The highest BCUT2D eigenvalue weighted by Gasteiger charge is 2.26. The zero-order valence-corrected chi connectivity index (χ0v) is 16.6. The lowest BCUT2D eigenvalue weighted by molar-refractivity contribution is -0.128. The van der Waals surface area contributed by atoms with Gasteiger partial charge in [0.1, 0.15) is 0 Å². The van der Waals surface area contributed by atoms with Crippen LogP contribution in [0.3, 0.4) is 0 Å². The van der Waals surface area contributed by atoms with Crippen LogP contribution in [0.5, 0.6) is 0 Å². The van der Waals surface area contributed by atoms with Crippen molar-refractivity contribution in [2.75, 3.05) is 25.9 Å². The summed E-state index contributed by atoms with van der Waals surface area (Å²) >= 11 is 0. The van der Waals surface area contributed by atoms with E-state index in [1.807, 2.05) is 27.7 Å². The first kappa shape index (κ1) is 20.9. The molecule has 7 heteroatoms. The van der Waals surface area contributed by atoms with Gasteiger partial charge in [-0.25, -0.2) is 0 Å². The average molecular weight is 359 g/mol. The van der Waals surface area contributed by atoms with Crippen molar-refractivity contribution in [1.82, 2.24) is 16.0 Å². The quantitative estimate of drug-likeness (QED) is 0.381. The molecule has 0 spiro atoms. The van der Waals surface area contributed by atoms with Gasteiger partial charge >= 0.3 is 0 Å². The fraction of sp³-hybridized carbons (Fsp3) is 0.882. The molecular weight excluding hydrogens is 324 g/mol. The summed E-state index contributed by atoms with van der Waals surface area (Å²) in [5, 5.41) is 9.86. The van der Waals surface area contributed by atoms with Crippen LogP contribution in [0, 0.1) is 5.41 Å². The van der Waals surface area contributed by atoms with Gasteiger partial charge in [-0.1, -0.05) is 34.1 Å². The Kier molecular flexibility index (Phi) is 8.73. The van der Waals surface area contributed by atoms with Gasteiger partial charge in [-0.3, -0.25) is 14.0 Å². The number of amides is 1. The molecule has 1 aliphatic rings. The van der Waals surface area contributed by atoms with Crippen molar-refractivity contribution in [3.63, 3.8) is 0 Å². The molecule has 1 fully saturated rings. The van der Waals surface area contributed by atoms with Gasteiger partial charge in [0.05, 0.1) is 0 Å². The first-order chi connectivity index (χ1) is 11.3. The first-order valence-electron chi connectivity index (χ1n) is 8.90. The third kappa shape index (κ3) is 7.20. The number of nitrogens with one attached hydrogen (secondary N) is 3. The Labute approximate surface area is 149 Å². The van der Waals surface area contributed by atoms with Crippen LogP contribution < -0.4 is 16.0 Å². The molecule has 0 aliphatic heterocycles. The first-order valence-corrected chi connectivity index (χ1v) is 10.3. The number of carbonyl (C=O) groups is 1. The van der Waals surface area contributed by atoms with E-state index in [1.165, 1.54) is 0 Å². The topological polar surface area (TPSA) is 82.6 Å². The molecule has 3 unspecified atom stereocenters. The van der Waals surface area contributed by atoms with Crippen molar-refractivity contribution in [3.8, 4) is 0 Å². The lowest BCUT2D eigenvalue weighted by Gasteiger charge is -2.30. The SMILES string of the molecule is CCS(=O)C1CCCC(NC(=NC)NCCNC(=O)C(C)(C)C)C1. The Morgan fingerprint density at radius 1 is 1.21 bits per heavy atom. The summed E-state index contributed by atoms with van der Waals surface area (Å²) in [5.74, 6) is 1.52. The normalized spacial score (nSPS) is 23.5. The van der Waals surface area contributed by atoms with Crippen molar-refractivity contribution in [2.24, 2.45) is 10.4 Å². The zero-order chi connectivity index (χ0) is 18.2. The molecule has 0 aromatic rings. The Morgan fingerprint density at radius 2 is 1.88 bits per heavy atom.